The molecule has 6 atom stereocenters. The first-order chi connectivity index (χ1) is 12.7. The number of hydrogen-bond acceptors (Lipinski definition) is 5. The first kappa shape index (κ1) is 22.1. The van der Waals surface area contributed by atoms with Crippen molar-refractivity contribution in [2.75, 3.05) is 6.61 Å². The molecule has 2 aliphatic rings. The second-order valence-electron chi connectivity index (χ2n) is 8.16. The van der Waals surface area contributed by atoms with Gasteiger partial charge in [-0.05, 0) is 32.1 Å². The highest BCUT2D eigenvalue weighted by Crippen LogP contribution is 2.33. The second kappa shape index (κ2) is 12.3. The van der Waals surface area contributed by atoms with Gasteiger partial charge in [-0.15, -0.1) is 0 Å². The molecule has 2 heterocycles. The maximum Gasteiger partial charge on any atom is 0.103 e. The van der Waals surface area contributed by atoms with Gasteiger partial charge < -0.3 is 24.8 Å². The largest absolute Gasteiger partial charge is 0.394 e. The van der Waals surface area contributed by atoms with Gasteiger partial charge in [-0.2, -0.15) is 0 Å². The van der Waals surface area contributed by atoms with Crippen LogP contribution in [-0.4, -0.2) is 58.6 Å². The molecular weight excluding hydrogens is 332 g/mol. The van der Waals surface area contributed by atoms with Crippen molar-refractivity contribution >= 4 is 0 Å². The Balaban J connectivity index is 1.55. The van der Waals surface area contributed by atoms with Crippen molar-refractivity contribution in [3.05, 3.63) is 0 Å². The van der Waals surface area contributed by atoms with Crippen molar-refractivity contribution in [2.24, 2.45) is 0 Å². The normalized spacial score (nSPS) is 31.4. The van der Waals surface area contributed by atoms with Crippen molar-refractivity contribution in [2.45, 2.75) is 127 Å². The molecule has 0 bridgehead atoms. The molecule has 2 saturated heterocycles. The first-order valence-electron chi connectivity index (χ1n) is 10.9. The molecule has 2 rings (SSSR count). The van der Waals surface area contributed by atoms with E-state index in [-0.39, 0.29) is 37.1 Å². The first-order valence-corrected chi connectivity index (χ1v) is 10.9. The molecule has 0 aromatic carbocycles. The van der Waals surface area contributed by atoms with E-state index >= 15 is 0 Å². The summed E-state index contributed by atoms with van der Waals surface area (Å²) in [6, 6.07) is 0. The molecule has 0 amide bonds. The van der Waals surface area contributed by atoms with Crippen LogP contribution in [0.4, 0.5) is 0 Å². The quantitative estimate of drug-likeness (QED) is 0.432. The maximum atomic E-state index is 10.4. The summed E-state index contributed by atoms with van der Waals surface area (Å²) in [7, 11) is 0. The highest BCUT2D eigenvalue weighted by atomic mass is 16.6. The zero-order valence-corrected chi connectivity index (χ0v) is 16.5. The minimum Gasteiger partial charge on any atom is -0.394 e. The minimum atomic E-state index is -0.801. The summed E-state index contributed by atoms with van der Waals surface area (Å²) in [5.74, 6) is 0. The van der Waals surface area contributed by atoms with Gasteiger partial charge in [0, 0.05) is 0 Å². The van der Waals surface area contributed by atoms with Gasteiger partial charge in [0.05, 0.1) is 37.1 Å². The van der Waals surface area contributed by atoms with E-state index < -0.39 is 6.10 Å². The molecule has 5 nitrogen and oxygen atoms in total. The molecule has 0 radical (unpaired) electrons. The van der Waals surface area contributed by atoms with Crippen LogP contribution in [0.25, 0.3) is 0 Å². The molecule has 0 unspecified atom stereocenters. The number of aliphatic hydroxyl groups is 3. The van der Waals surface area contributed by atoms with Crippen LogP contribution < -0.4 is 0 Å². The third kappa shape index (κ3) is 7.08. The molecule has 0 aromatic rings. The number of unbranched alkanes of at least 4 members (excludes halogenated alkanes) is 7. The monoisotopic (exact) mass is 372 g/mol. The van der Waals surface area contributed by atoms with Crippen LogP contribution in [0.15, 0.2) is 0 Å². The van der Waals surface area contributed by atoms with Gasteiger partial charge in [-0.3, -0.25) is 0 Å². The average molecular weight is 373 g/mol. The van der Waals surface area contributed by atoms with E-state index in [0.717, 1.165) is 38.5 Å². The number of rotatable bonds is 13. The summed E-state index contributed by atoms with van der Waals surface area (Å²) in [6.45, 7) is 1.98. The van der Waals surface area contributed by atoms with Gasteiger partial charge in [-0.1, -0.05) is 58.3 Å². The average Bonchev–Trinajstić information content (AvgIpc) is 3.32. The predicted molar refractivity (Wildman–Crippen MR) is 102 cm³/mol. The van der Waals surface area contributed by atoms with Crippen molar-refractivity contribution in [1.29, 1.82) is 0 Å². The van der Waals surface area contributed by atoms with Crippen LogP contribution >= 0.6 is 0 Å². The molecule has 2 aliphatic heterocycles. The molecule has 154 valence electrons. The Labute approximate surface area is 159 Å². The van der Waals surface area contributed by atoms with Crippen LogP contribution in [0.3, 0.4) is 0 Å². The maximum absolute atomic E-state index is 10.4. The summed E-state index contributed by atoms with van der Waals surface area (Å²) in [5.41, 5.74) is 0. The molecule has 2 fully saturated rings. The van der Waals surface area contributed by atoms with Crippen molar-refractivity contribution in [1.82, 2.24) is 0 Å². The summed E-state index contributed by atoms with van der Waals surface area (Å²) in [6.07, 6.45) is 12.9. The van der Waals surface area contributed by atoms with Crippen molar-refractivity contribution in [3.8, 4) is 0 Å². The standard InChI is InChI=1S/C21H40O5/c1-2-3-4-5-6-7-8-9-10-16(23)18-11-13-20(25-18)21-14-12-19(26-21)17(24)15-22/h16-24H,2-15H2,1H3/t16-,17-,18-,19-,20-,21-/m1/s1. The molecule has 0 spiro atoms. The zero-order valence-electron chi connectivity index (χ0n) is 16.5. The fraction of sp³-hybridized carbons (Fsp3) is 1.00. The Morgan fingerprint density at radius 3 is 1.77 bits per heavy atom. The predicted octanol–water partition coefficient (Wildman–Crippen LogP) is 3.33. The van der Waals surface area contributed by atoms with Crippen LogP contribution in [0.1, 0.15) is 90.4 Å². The van der Waals surface area contributed by atoms with Gasteiger partial charge in [0.15, 0.2) is 0 Å². The smallest absolute Gasteiger partial charge is 0.103 e. The van der Waals surface area contributed by atoms with E-state index in [1.807, 2.05) is 0 Å². The van der Waals surface area contributed by atoms with Gasteiger partial charge in [-0.25, -0.2) is 0 Å². The number of ether oxygens (including phenoxy) is 2. The second-order valence-corrected chi connectivity index (χ2v) is 8.16. The zero-order chi connectivity index (χ0) is 18.8. The van der Waals surface area contributed by atoms with Gasteiger partial charge in [0.1, 0.15) is 6.10 Å². The summed E-state index contributed by atoms with van der Waals surface area (Å²) >= 11 is 0. The van der Waals surface area contributed by atoms with E-state index in [2.05, 4.69) is 6.92 Å². The lowest BCUT2D eigenvalue weighted by Crippen LogP contribution is -2.34. The van der Waals surface area contributed by atoms with Gasteiger partial charge in [0.2, 0.25) is 0 Å². The Morgan fingerprint density at radius 2 is 1.23 bits per heavy atom. The fourth-order valence-corrected chi connectivity index (χ4v) is 4.28. The van der Waals surface area contributed by atoms with Crippen LogP contribution in [-0.2, 0) is 9.47 Å². The summed E-state index contributed by atoms with van der Waals surface area (Å²) < 4.78 is 11.9. The lowest BCUT2D eigenvalue weighted by molar-refractivity contribution is -0.114. The number of hydrogen-bond donors (Lipinski definition) is 3. The van der Waals surface area contributed by atoms with E-state index in [0.29, 0.717) is 0 Å². The highest BCUT2D eigenvalue weighted by Gasteiger charge is 2.40. The van der Waals surface area contributed by atoms with Crippen LogP contribution in [0, 0.1) is 0 Å². The Kier molecular flexibility index (Phi) is 10.4. The Bertz CT molecular complexity index is 364. The van der Waals surface area contributed by atoms with Crippen LogP contribution in [0.2, 0.25) is 0 Å². The Morgan fingerprint density at radius 1 is 0.731 bits per heavy atom. The topological polar surface area (TPSA) is 79.2 Å². The third-order valence-corrected chi connectivity index (χ3v) is 5.98. The van der Waals surface area contributed by atoms with E-state index in [1.165, 1.54) is 44.9 Å². The molecule has 0 aromatic heterocycles. The van der Waals surface area contributed by atoms with Crippen molar-refractivity contribution in [3.63, 3.8) is 0 Å². The van der Waals surface area contributed by atoms with Gasteiger partial charge in [0.25, 0.3) is 0 Å². The Hall–Kier alpha value is -0.200. The van der Waals surface area contributed by atoms with Gasteiger partial charge >= 0.3 is 0 Å². The van der Waals surface area contributed by atoms with Crippen molar-refractivity contribution < 1.29 is 24.8 Å². The van der Waals surface area contributed by atoms with E-state index in [1.54, 1.807) is 0 Å². The molecule has 26 heavy (non-hydrogen) atoms. The summed E-state index contributed by atoms with van der Waals surface area (Å²) in [4.78, 5) is 0. The van der Waals surface area contributed by atoms with E-state index in [9.17, 15) is 10.2 Å². The molecule has 0 aliphatic carbocycles. The van der Waals surface area contributed by atoms with Crippen LogP contribution in [0.5, 0.6) is 0 Å². The lowest BCUT2D eigenvalue weighted by atomic mass is 10.0. The molecular formula is C21H40O5. The lowest BCUT2D eigenvalue weighted by Gasteiger charge is -2.23. The fourth-order valence-electron chi connectivity index (χ4n) is 4.28. The molecule has 0 saturated carbocycles. The SMILES string of the molecule is CCCCCCCCCC[C@@H](O)[C@H]1CC[C@H]([C@H]2CC[C@H]([C@H](O)CO)O2)O1. The minimum absolute atomic E-state index is 0.0125. The van der Waals surface area contributed by atoms with E-state index in [4.69, 9.17) is 14.6 Å². The molecule has 3 N–H and O–H groups in total. The molecule has 5 heteroatoms. The summed E-state index contributed by atoms with van der Waals surface area (Å²) in [5, 5.41) is 29.2. The third-order valence-electron chi connectivity index (χ3n) is 5.98. The number of aliphatic hydroxyl groups excluding tert-OH is 3. The highest BCUT2D eigenvalue weighted by molar-refractivity contribution is 4.89.